The lowest BCUT2D eigenvalue weighted by molar-refractivity contribution is 0.629. The lowest BCUT2D eigenvalue weighted by Crippen LogP contribution is -2.16. The maximum absolute atomic E-state index is 13.8. The zero-order chi connectivity index (χ0) is 13.8. The highest BCUT2D eigenvalue weighted by Crippen LogP contribution is 2.21. The van der Waals surface area contributed by atoms with Gasteiger partial charge in [-0.25, -0.2) is 14.4 Å². The van der Waals surface area contributed by atoms with E-state index < -0.39 is 0 Å². The summed E-state index contributed by atoms with van der Waals surface area (Å²) in [6.07, 6.45) is 1.53. The number of aryl methyl sites for hydroxylation is 2. The number of aromatic nitrogens is 2. The van der Waals surface area contributed by atoms with Crippen LogP contribution in [0.15, 0.2) is 30.3 Å². The predicted molar refractivity (Wildman–Crippen MR) is 74.1 cm³/mol. The van der Waals surface area contributed by atoms with Gasteiger partial charge in [0, 0.05) is 23.7 Å². The Balaban J connectivity index is 2.34. The molecule has 0 radical (unpaired) electrons. The SMILES string of the molecule is Cc1cc(-c2ccccc2F)nc(CCC(C)N)n1. The summed E-state index contributed by atoms with van der Waals surface area (Å²) in [5.41, 5.74) is 7.72. The molecule has 4 heteroatoms. The van der Waals surface area contributed by atoms with Gasteiger partial charge in [-0.05, 0) is 38.5 Å². The maximum atomic E-state index is 13.8. The van der Waals surface area contributed by atoms with Gasteiger partial charge in [0.05, 0.1) is 5.69 Å². The third kappa shape index (κ3) is 3.58. The minimum atomic E-state index is -0.265. The Hall–Kier alpha value is -1.81. The van der Waals surface area contributed by atoms with Gasteiger partial charge in [0.15, 0.2) is 0 Å². The predicted octanol–water partition coefficient (Wildman–Crippen LogP) is 2.87. The van der Waals surface area contributed by atoms with Crippen LogP contribution in [0.1, 0.15) is 24.9 Å². The van der Waals surface area contributed by atoms with Gasteiger partial charge in [-0.1, -0.05) is 12.1 Å². The number of benzene rings is 1. The molecular weight excluding hydrogens is 241 g/mol. The molecule has 1 aromatic heterocycles. The van der Waals surface area contributed by atoms with Gasteiger partial charge in [-0.2, -0.15) is 0 Å². The highest BCUT2D eigenvalue weighted by Gasteiger charge is 2.09. The van der Waals surface area contributed by atoms with E-state index in [4.69, 9.17) is 5.73 Å². The van der Waals surface area contributed by atoms with E-state index in [9.17, 15) is 4.39 Å². The number of rotatable bonds is 4. The second kappa shape index (κ2) is 5.89. The Bertz CT molecular complexity index is 567. The van der Waals surface area contributed by atoms with Gasteiger partial charge in [-0.3, -0.25) is 0 Å². The number of nitrogens with zero attached hydrogens (tertiary/aromatic N) is 2. The smallest absolute Gasteiger partial charge is 0.132 e. The fourth-order valence-electron chi connectivity index (χ4n) is 1.91. The Labute approximate surface area is 112 Å². The van der Waals surface area contributed by atoms with Crippen LogP contribution in [0.2, 0.25) is 0 Å². The molecule has 0 aliphatic rings. The monoisotopic (exact) mass is 259 g/mol. The molecule has 19 heavy (non-hydrogen) atoms. The van der Waals surface area contributed by atoms with E-state index in [2.05, 4.69) is 9.97 Å². The van der Waals surface area contributed by atoms with Gasteiger partial charge in [0.25, 0.3) is 0 Å². The van der Waals surface area contributed by atoms with Crippen LogP contribution in [-0.2, 0) is 6.42 Å². The van der Waals surface area contributed by atoms with E-state index in [1.54, 1.807) is 24.3 Å². The molecule has 0 amide bonds. The van der Waals surface area contributed by atoms with Crippen LogP contribution in [0.25, 0.3) is 11.3 Å². The number of halogens is 1. The minimum Gasteiger partial charge on any atom is -0.328 e. The van der Waals surface area contributed by atoms with Crippen LogP contribution in [-0.4, -0.2) is 16.0 Å². The molecule has 2 aromatic rings. The molecule has 0 fully saturated rings. The van der Waals surface area contributed by atoms with Crippen LogP contribution >= 0.6 is 0 Å². The Kier molecular flexibility index (Phi) is 4.22. The maximum Gasteiger partial charge on any atom is 0.132 e. The average Bonchev–Trinajstić information content (AvgIpc) is 2.36. The highest BCUT2D eigenvalue weighted by atomic mass is 19.1. The molecule has 1 heterocycles. The fourth-order valence-corrected chi connectivity index (χ4v) is 1.91. The molecule has 1 aromatic carbocycles. The standard InChI is InChI=1S/C15H18FN3/c1-10(17)7-8-15-18-11(2)9-14(19-15)12-5-3-4-6-13(12)16/h3-6,9-10H,7-8,17H2,1-2H3. The van der Waals surface area contributed by atoms with Crippen LogP contribution < -0.4 is 5.73 Å². The quantitative estimate of drug-likeness (QED) is 0.918. The molecule has 2 N–H and O–H groups in total. The lowest BCUT2D eigenvalue weighted by Gasteiger charge is -2.08. The number of hydrogen-bond acceptors (Lipinski definition) is 3. The van der Waals surface area contributed by atoms with E-state index in [-0.39, 0.29) is 11.9 Å². The zero-order valence-corrected chi connectivity index (χ0v) is 11.2. The first kappa shape index (κ1) is 13.6. The fraction of sp³-hybridized carbons (Fsp3) is 0.333. The molecule has 0 bridgehead atoms. The topological polar surface area (TPSA) is 51.8 Å². The summed E-state index contributed by atoms with van der Waals surface area (Å²) >= 11 is 0. The Morgan fingerprint density at radius 2 is 2.00 bits per heavy atom. The first-order chi connectivity index (χ1) is 9.06. The van der Waals surface area contributed by atoms with Crippen molar-refractivity contribution in [3.63, 3.8) is 0 Å². The van der Waals surface area contributed by atoms with Crippen molar-refractivity contribution in [2.24, 2.45) is 5.73 Å². The van der Waals surface area contributed by atoms with E-state index >= 15 is 0 Å². The lowest BCUT2D eigenvalue weighted by atomic mass is 10.1. The minimum absolute atomic E-state index is 0.112. The third-order valence-corrected chi connectivity index (χ3v) is 2.87. The second-order valence-electron chi connectivity index (χ2n) is 4.81. The molecule has 1 atom stereocenters. The van der Waals surface area contributed by atoms with Crippen molar-refractivity contribution in [1.29, 1.82) is 0 Å². The molecular formula is C15H18FN3. The molecule has 100 valence electrons. The number of hydrogen-bond donors (Lipinski definition) is 1. The van der Waals surface area contributed by atoms with E-state index in [1.165, 1.54) is 6.07 Å². The highest BCUT2D eigenvalue weighted by molar-refractivity contribution is 5.60. The largest absolute Gasteiger partial charge is 0.328 e. The van der Waals surface area contributed by atoms with Crippen LogP contribution in [0, 0.1) is 12.7 Å². The summed E-state index contributed by atoms with van der Waals surface area (Å²) in [5, 5.41) is 0. The summed E-state index contributed by atoms with van der Waals surface area (Å²) < 4.78 is 13.8. The van der Waals surface area contributed by atoms with Gasteiger partial charge in [0.1, 0.15) is 11.6 Å². The third-order valence-electron chi connectivity index (χ3n) is 2.87. The van der Waals surface area contributed by atoms with Crippen molar-refractivity contribution in [3.05, 3.63) is 47.7 Å². The molecule has 0 saturated heterocycles. The molecule has 0 spiro atoms. The van der Waals surface area contributed by atoms with Crippen LogP contribution in [0.5, 0.6) is 0 Å². The van der Waals surface area contributed by atoms with Crippen LogP contribution in [0.3, 0.4) is 0 Å². The molecule has 0 aliphatic carbocycles. The summed E-state index contributed by atoms with van der Waals surface area (Å²) in [5.74, 6) is 0.453. The first-order valence-corrected chi connectivity index (χ1v) is 6.41. The van der Waals surface area contributed by atoms with Crippen molar-refractivity contribution in [1.82, 2.24) is 9.97 Å². The van der Waals surface area contributed by atoms with Crippen molar-refractivity contribution >= 4 is 0 Å². The molecule has 1 unspecified atom stereocenters. The van der Waals surface area contributed by atoms with Gasteiger partial charge < -0.3 is 5.73 Å². The van der Waals surface area contributed by atoms with E-state index in [0.717, 1.165) is 17.9 Å². The normalized spacial score (nSPS) is 12.4. The van der Waals surface area contributed by atoms with Crippen molar-refractivity contribution < 1.29 is 4.39 Å². The van der Waals surface area contributed by atoms with Crippen molar-refractivity contribution in [3.8, 4) is 11.3 Å². The van der Waals surface area contributed by atoms with Gasteiger partial charge in [-0.15, -0.1) is 0 Å². The molecule has 0 saturated carbocycles. The first-order valence-electron chi connectivity index (χ1n) is 6.41. The second-order valence-corrected chi connectivity index (χ2v) is 4.81. The van der Waals surface area contributed by atoms with E-state index in [0.29, 0.717) is 17.7 Å². The van der Waals surface area contributed by atoms with E-state index in [1.807, 2.05) is 13.8 Å². The Morgan fingerprint density at radius 1 is 1.26 bits per heavy atom. The van der Waals surface area contributed by atoms with Gasteiger partial charge in [0.2, 0.25) is 0 Å². The van der Waals surface area contributed by atoms with Crippen molar-refractivity contribution in [2.75, 3.05) is 0 Å². The molecule has 2 rings (SSSR count). The summed E-state index contributed by atoms with van der Waals surface area (Å²) in [4.78, 5) is 8.80. The number of nitrogens with two attached hydrogens (primary N) is 1. The summed E-state index contributed by atoms with van der Waals surface area (Å²) in [6, 6.07) is 8.55. The molecule has 0 aliphatic heterocycles. The van der Waals surface area contributed by atoms with Crippen molar-refractivity contribution in [2.45, 2.75) is 32.7 Å². The Morgan fingerprint density at radius 3 is 2.68 bits per heavy atom. The molecule has 3 nitrogen and oxygen atoms in total. The zero-order valence-electron chi connectivity index (χ0n) is 11.2. The average molecular weight is 259 g/mol. The van der Waals surface area contributed by atoms with Gasteiger partial charge >= 0.3 is 0 Å². The summed E-state index contributed by atoms with van der Waals surface area (Å²) in [7, 11) is 0. The summed E-state index contributed by atoms with van der Waals surface area (Å²) in [6.45, 7) is 3.84. The van der Waals surface area contributed by atoms with Crippen LogP contribution in [0.4, 0.5) is 4.39 Å².